The van der Waals surface area contributed by atoms with E-state index >= 15 is 0 Å². The third-order valence-corrected chi connectivity index (χ3v) is 3.48. The van der Waals surface area contributed by atoms with Crippen molar-refractivity contribution in [3.05, 3.63) is 0 Å². The minimum absolute atomic E-state index is 0.133. The van der Waals surface area contributed by atoms with Gasteiger partial charge in [0, 0.05) is 19.1 Å². The lowest BCUT2D eigenvalue weighted by atomic mass is 9.73. The van der Waals surface area contributed by atoms with E-state index in [0.29, 0.717) is 5.92 Å². The molecule has 0 unspecified atom stereocenters. The maximum atomic E-state index is 11.7. The van der Waals surface area contributed by atoms with Crippen LogP contribution in [0.5, 0.6) is 0 Å². The predicted molar refractivity (Wildman–Crippen MR) is 69.0 cm³/mol. The van der Waals surface area contributed by atoms with Crippen molar-refractivity contribution in [2.24, 2.45) is 11.3 Å². The molecule has 1 fully saturated rings. The van der Waals surface area contributed by atoms with Gasteiger partial charge < -0.3 is 15.4 Å². The van der Waals surface area contributed by atoms with E-state index in [0.717, 1.165) is 13.1 Å². The van der Waals surface area contributed by atoms with E-state index < -0.39 is 5.60 Å². The highest BCUT2D eigenvalue weighted by atomic mass is 16.6. The van der Waals surface area contributed by atoms with Crippen LogP contribution >= 0.6 is 0 Å². The van der Waals surface area contributed by atoms with Crippen LogP contribution in [0.1, 0.15) is 41.5 Å². The summed E-state index contributed by atoms with van der Waals surface area (Å²) in [6.45, 7) is 14.0. The summed E-state index contributed by atoms with van der Waals surface area (Å²) in [6.07, 6.45) is -0.325. The molecular weight excluding hydrogens is 216 g/mol. The highest BCUT2D eigenvalue weighted by Gasteiger charge is 2.37. The number of hydrogen-bond donors (Lipinski definition) is 2. The molecule has 1 aliphatic rings. The number of rotatable bonds is 1. The minimum Gasteiger partial charge on any atom is -0.444 e. The van der Waals surface area contributed by atoms with Crippen molar-refractivity contribution in [1.29, 1.82) is 0 Å². The number of hydrogen-bond acceptors (Lipinski definition) is 3. The fourth-order valence-corrected chi connectivity index (χ4v) is 2.07. The van der Waals surface area contributed by atoms with Crippen molar-refractivity contribution in [2.75, 3.05) is 13.1 Å². The average Bonchev–Trinajstić information content (AvgIpc) is 2.09. The zero-order valence-electron chi connectivity index (χ0n) is 11.9. The first-order chi connectivity index (χ1) is 7.62. The van der Waals surface area contributed by atoms with Crippen molar-refractivity contribution in [3.63, 3.8) is 0 Å². The van der Waals surface area contributed by atoms with Gasteiger partial charge in [0.1, 0.15) is 5.60 Å². The van der Waals surface area contributed by atoms with Crippen molar-refractivity contribution in [2.45, 2.75) is 53.2 Å². The third kappa shape index (κ3) is 4.19. The Morgan fingerprint density at radius 2 is 2.00 bits per heavy atom. The van der Waals surface area contributed by atoms with Crippen LogP contribution in [0.15, 0.2) is 0 Å². The van der Waals surface area contributed by atoms with Crippen molar-refractivity contribution in [3.8, 4) is 0 Å². The second kappa shape index (κ2) is 4.84. The molecule has 0 aromatic rings. The van der Waals surface area contributed by atoms with Gasteiger partial charge in [-0.25, -0.2) is 4.79 Å². The molecule has 2 N–H and O–H groups in total. The van der Waals surface area contributed by atoms with Gasteiger partial charge in [0.15, 0.2) is 0 Å². The van der Waals surface area contributed by atoms with Crippen molar-refractivity contribution >= 4 is 6.09 Å². The molecule has 0 aromatic carbocycles. The quantitative estimate of drug-likeness (QED) is 0.740. The van der Waals surface area contributed by atoms with E-state index in [9.17, 15) is 4.79 Å². The highest BCUT2D eigenvalue weighted by Crippen LogP contribution is 2.31. The van der Waals surface area contributed by atoms with Gasteiger partial charge in [-0.2, -0.15) is 0 Å². The van der Waals surface area contributed by atoms with Crippen LogP contribution in [-0.4, -0.2) is 30.8 Å². The number of nitrogens with one attached hydrogen (secondary N) is 2. The lowest BCUT2D eigenvalue weighted by molar-refractivity contribution is 0.0421. The molecule has 1 aliphatic heterocycles. The first-order valence-corrected chi connectivity index (χ1v) is 6.32. The second-order valence-corrected chi connectivity index (χ2v) is 6.66. The fraction of sp³-hybridized carbons (Fsp3) is 0.923. The molecule has 17 heavy (non-hydrogen) atoms. The maximum absolute atomic E-state index is 11.7. The second-order valence-electron chi connectivity index (χ2n) is 6.66. The summed E-state index contributed by atoms with van der Waals surface area (Å²) in [7, 11) is 0. The van der Waals surface area contributed by atoms with Gasteiger partial charge >= 0.3 is 6.09 Å². The van der Waals surface area contributed by atoms with E-state index in [-0.39, 0.29) is 17.6 Å². The Hall–Kier alpha value is -0.770. The summed E-state index contributed by atoms with van der Waals surface area (Å²) in [5.41, 5.74) is -0.247. The number of amides is 1. The van der Waals surface area contributed by atoms with Gasteiger partial charge in [-0.3, -0.25) is 0 Å². The van der Waals surface area contributed by atoms with Crippen molar-refractivity contribution < 1.29 is 9.53 Å². The Morgan fingerprint density at radius 1 is 1.41 bits per heavy atom. The van der Waals surface area contributed by atoms with Crippen LogP contribution in [0.4, 0.5) is 4.79 Å². The molecule has 1 heterocycles. The fourth-order valence-electron chi connectivity index (χ4n) is 2.07. The Morgan fingerprint density at radius 3 is 2.53 bits per heavy atom. The Bertz CT molecular complexity index is 282. The Kier molecular flexibility index (Phi) is 4.07. The zero-order chi connectivity index (χ0) is 13.3. The lowest BCUT2D eigenvalue weighted by Gasteiger charge is -2.42. The molecule has 100 valence electrons. The lowest BCUT2D eigenvalue weighted by Crippen LogP contribution is -2.57. The number of piperidine rings is 1. The van der Waals surface area contributed by atoms with E-state index in [1.165, 1.54) is 0 Å². The van der Waals surface area contributed by atoms with E-state index in [1.54, 1.807) is 0 Å². The van der Waals surface area contributed by atoms with Gasteiger partial charge in [-0.05, 0) is 32.1 Å². The number of alkyl carbamates (subject to hydrolysis) is 1. The first kappa shape index (κ1) is 14.3. The van der Waals surface area contributed by atoms with Crippen molar-refractivity contribution in [1.82, 2.24) is 10.6 Å². The molecular formula is C13H26N2O2. The standard InChI is InChI=1S/C13H26N2O2/c1-9-10(7-14-8-13(9,5)6)15-11(16)17-12(2,3)4/h9-10,14H,7-8H2,1-6H3,(H,15,16)/t9-,10+/m0/s1. The molecule has 0 aliphatic carbocycles. The van der Waals surface area contributed by atoms with Crippen LogP contribution < -0.4 is 10.6 Å². The first-order valence-electron chi connectivity index (χ1n) is 6.32. The van der Waals surface area contributed by atoms with Gasteiger partial charge in [0.25, 0.3) is 0 Å². The number of ether oxygens (including phenoxy) is 1. The largest absolute Gasteiger partial charge is 0.444 e. The summed E-state index contributed by atoms with van der Waals surface area (Å²) >= 11 is 0. The molecule has 4 heteroatoms. The molecule has 0 radical (unpaired) electrons. The van der Waals surface area contributed by atoms with E-state index in [4.69, 9.17) is 4.74 Å². The highest BCUT2D eigenvalue weighted by molar-refractivity contribution is 5.68. The van der Waals surface area contributed by atoms with Gasteiger partial charge in [-0.1, -0.05) is 20.8 Å². The average molecular weight is 242 g/mol. The summed E-state index contributed by atoms with van der Waals surface area (Å²) in [4.78, 5) is 11.7. The summed E-state index contributed by atoms with van der Waals surface area (Å²) in [6, 6.07) is 0.133. The normalized spacial score (nSPS) is 28.6. The van der Waals surface area contributed by atoms with Crippen LogP contribution in [-0.2, 0) is 4.74 Å². The smallest absolute Gasteiger partial charge is 0.407 e. The summed E-state index contributed by atoms with van der Waals surface area (Å²) in [5.74, 6) is 0.427. The Labute approximate surface area is 104 Å². The van der Waals surface area contributed by atoms with Gasteiger partial charge in [0.05, 0.1) is 0 Å². The molecule has 0 spiro atoms. The molecule has 1 saturated heterocycles. The summed E-state index contributed by atoms with van der Waals surface area (Å²) < 4.78 is 5.28. The third-order valence-electron chi connectivity index (χ3n) is 3.48. The van der Waals surface area contributed by atoms with Crippen LogP contribution in [0.3, 0.4) is 0 Å². The number of carbonyl (C=O) groups excluding carboxylic acids is 1. The predicted octanol–water partition coefficient (Wildman–Crippen LogP) is 2.15. The van der Waals surface area contributed by atoms with Crippen LogP contribution in [0.25, 0.3) is 0 Å². The summed E-state index contributed by atoms with van der Waals surface area (Å²) in [5, 5.41) is 6.31. The topological polar surface area (TPSA) is 50.4 Å². The molecule has 0 saturated carbocycles. The monoisotopic (exact) mass is 242 g/mol. The SMILES string of the molecule is C[C@H]1[C@H](NC(=O)OC(C)(C)C)CNCC1(C)C. The minimum atomic E-state index is -0.440. The zero-order valence-corrected chi connectivity index (χ0v) is 11.9. The van der Waals surface area contributed by atoms with Crippen LogP contribution in [0, 0.1) is 11.3 Å². The van der Waals surface area contributed by atoms with Gasteiger partial charge in [0.2, 0.25) is 0 Å². The van der Waals surface area contributed by atoms with Crippen LogP contribution in [0.2, 0.25) is 0 Å². The molecule has 0 bridgehead atoms. The Balaban J connectivity index is 2.54. The molecule has 0 aromatic heterocycles. The number of carbonyl (C=O) groups is 1. The maximum Gasteiger partial charge on any atom is 0.407 e. The molecule has 2 atom stereocenters. The van der Waals surface area contributed by atoms with E-state index in [2.05, 4.69) is 31.4 Å². The van der Waals surface area contributed by atoms with E-state index in [1.807, 2.05) is 20.8 Å². The van der Waals surface area contributed by atoms with Gasteiger partial charge in [-0.15, -0.1) is 0 Å². The molecule has 1 rings (SSSR count). The molecule has 4 nitrogen and oxygen atoms in total. The molecule has 1 amide bonds.